The van der Waals surface area contributed by atoms with Crippen molar-refractivity contribution in [2.75, 3.05) is 12.9 Å². The highest BCUT2D eigenvalue weighted by molar-refractivity contribution is 7.80. The van der Waals surface area contributed by atoms with Gasteiger partial charge in [0.15, 0.2) is 5.82 Å². The van der Waals surface area contributed by atoms with Crippen LogP contribution in [0.25, 0.3) is 11.1 Å². The molecule has 3 rings (SSSR count). The van der Waals surface area contributed by atoms with Crippen LogP contribution in [0.4, 0.5) is 19.0 Å². The van der Waals surface area contributed by atoms with Crippen LogP contribution in [0.3, 0.4) is 0 Å². The number of hydrogen-bond acceptors (Lipinski definition) is 4. The van der Waals surface area contributed by atoms with E-state index in [1.54, 1.807) is 55.5 Å². The van der Waals surface area contributed by atoms with E-state index in [-0.39, 0.29) is 5.56 Å². The molecule has 0 atom stereocenters. The lowest BCUT2D eigenvalue weighted by atomic mass is 10.0. The number of nitrogen functional groups attached to an aromatic ring is 1. The summed E-state index contributed by atoms with van der Waals surface area (Å²) in [6.07, 6.45) is -2.45. The van der Waals surface area contributed by atoms with Gasteiger partial charge >= 0.3 is 0 Å². The van der Waals surface area contributed by atoms with Gasteiger partial charge in [0.05, 0.1) is 7.18 Å². The van der Waals surface area contributed by atoms with E-state index < -0.39 is 6.43 Å². The summed E-state index contributed by atoms with van der Waals surface area (Å²) in [4.78, 5) is 0.818. The number of halogens is 3. The van der Waals surface area contributed by atoms with Crippen LogP contribution in [-0.2, 0) is 0 Å². The number of nitrogens with zero attached hydrogens (tertiary/aromatic N) is 1. The van der Waals surface area contributed by atoms with Gasteiger partial charge in [-0.05, 0) is 30.2 Å². The molecule has 0 amide bonds. The lowest BCUT2D eigenvalue weighted by Gasteiger charge is -2.08. The predicted molar refractivity (Wildman–Crippen MR) is 96.8 cm³/mol. The van der Waals surface area contributed by atoms with Gasteiger partial charge in [-0.25, -0.2) is 8.78 Å². The average Bonchev–Trinajstić information content (AvgIpc) is 3.01. The molecule has 2 N–H and O–H groups in total. The molecule has 0 bridgehead atoms. The molecular formula is C18H19F3N2OS. The fourth-order valence-corrected chi connectivity index (χ4v) is 2.13. The Morgan fingerprint density at radius 2 is 1.64 bits per heavy atom. The molecule has 0 aliphatic carbocycles. The van der Waals surface area contributed by atoms with Gasteiger partial charge in [-0.3, -0.25) is 4.39 Å². The zero-order chi connectivity index (χ0) is 18.8. The Labute approximate surface area is 150 Å². The summed E-state index contributed by atoms with van der Waals surface area (Å²) in [6.45, 7) is 1.80. The summed E-state index contributed by atoms with van der Waals surface area (Å²) in [6, 6.07) is 15.4. The van der Waals surface area contributed by atoms with Gasteiger partial charge < -0.3 is 10.3 Å². The number of aryl methyl sites for hydroxylation is 1. The van der Waals surface area contributed by atoms with Crippen molar-refractivity contribution in [3.05, 3.63) is 65.9 Å². The zero-order valence-electron chi connectivity index (χ0n) is 13.8. The van der Waals surface area contributed by atoms with Crippen molar-refractivity contribution in [1.82, 2.24) is 5.16 Å². The van der Waals surface area contributed by atoms with Crippen LogP contribution < -0.4 is 5.73 Å². The average molecular weight is 368 g/mol. The molecule has 0 aliphatic rings. The minimum absolute atomic E-state index is 0.0643. The maximum absolute atomic E-state index is 12.8. The normalized spacial score (nSPS) is 9.72. The van der Waals surface area contributed by atoms with Crippen molar-refractivity contribution in [2.45, 2.75) is 18.2 Å². The molecule has 0 fully saturated rings. The van der Waals surface area contributed by atoms with Crippen molar-refractivity contribution in [2.24, 2.45) is 0 Å². The highest BCUT2D eigenvalue weighted by Crippen LogP contribution is 2.31. The number of aromatic nitrogens is 1. The summed E-state index contributed by atoms with van der Waals surface area (Å²) in [5.74, 6) is 1.19. The van der Waals surface area contributed by atoms with Crippen molar-refractivity contribution >= 4 is 18.4 Å². The quantitative estimate of drug-likeness (QED) is 0.568. The molecule has 0 aliphatic heterocycles. The van der Waals surface area contributed by atoms with Crippen LogP contribution >= 0.6 is 12.6 Å². The second-order valence-electron chi connectivity index (χ2n) is 4.80. The second-order valence-corrected chi connectivity index (χ2v) is 5.31. The summed E-state index contributed by atoms with van der Waals surface area (Å²) in [5.41, 5.74) is 6.60. The molecule has 0 saturated heterocycles. The minimum atomic E-state index is -2.45. The van der Waals surface area contributed by atoms with Crippen molar-refractivity contribution in [3.63, 3.8) is 0 Å². The van der Waals surface area contributed by atoms with Crippen LogP contribution in [0.2, 0.25) is 0 Å². The lowest BCUT2D eigenvalue weighted by molar-refractivity contribution is 0.152. The summed E-state index contributed by atoms with van der Waals surface area (Å²) in [7, 11) is 0.500. The SMILES string of the molecule is CF.Cc1cc(N)no1.FC(F)c1ccccc1-c1ccc(S)cc1. The monoisotopic (exact) mass is 368 g/mol. The van der Waals surface area contributed by atoms with E-state index in [2.05, 4.69) is 22.3 Å². The van der Waals surface area contributed by atoms with E-state index in [0.717, 1.165) is 16.2 Å². The van der Waals surface area contributed by atoms with E-state index in [9.17, 15) is 13.2 Å². The first-order valence-corrected chi connectivity index (χ1v) is 7.65. The molecule has 3 aromatic rings. The van der Waals surface area contributed by atoms with Crippen LogP contribution in [-0.4, -0.2) is 12.3 Å². The maximum atomic E-state index is 12.8. The Bertz CT molecular complexity index is 745. The van der Waals surface area contributed by atoms with E-state index in [1.165, 1.54) is 6.07 Å². The van der Waals surface area contributed by atoms with Gasteiger partial charge in [-0.1, -0.05) is 41.6 Å². The fraction of sp³-hybridized carbons (Fsp3) is 0.167. The highest BCUT2D eigenvalue weighted by atomic mass is 32.1. The fourth-order valence-electron chi connectivity index (χ4n) is 1.98. The Morgan fingerprint density at radius 3 is 2.08 bits per heavy atom. The third-order valence-electron chi connectivity index (χ3n) is 3.02. The van der Waals surface area contributed by atoms with Gasteiger partial charge in [0.2, 0.25) is 0 Å². The third kappa shape index (κ3) is 6.54. The smallest absolute Gasteiger partial charge is 0.264 e. The Balaban J connectivity index is 0.000000290. The van der Waals surface area contributed by atoms with Crippen LogP contribution in [0.1, 0.15) is 17.7 Å². The van der Waals surface area contributed by atoms with Crippen LogP contribution in [0, 0.1) is 6.92 Å². The standard InChI is InChI=1S/C13H10F2S.C4H6N2O.CH3F/c14-13(15)12-4-2-1-3-11(12)9-5-7-10(16)8-6-9;1-3-2-4(5)6-7-3;1-2/h1-8,13,16H;2H,1H3,(H2,5,6);1H3. The van der Waals surface area contributed by atoms with Crippen LogP contribution in [0.5, 0.6) is 0 Å². The Morgan fingerprint density at radius 1 is 1.04 bits per heavy atom. The first kappa shape index (κ1) is 20.6. The summed E-state index contributed by atoms with van der Waals surface area (Å²) < 4.78 is 39.6. The van der Waals surface area contributed by atoms with Crippen LogP contribution in [0.15, 0.2) is 64.0 Å². The van der Waals surface area contributed by atoms with Crippen molar-refractivity contribution in [1.29, 1.82) is 0 Å². The first-order chi connectivity index (χ1) is 12.0. The maximum Gasteiger partial charge on any atom is 0.264 e. The van der Waals surface area contributed by atoms with E-state index in [1.807, 2.05) is 0 Å². The van der Waals surface area contributed by atoms with Crippen molar-refractivity contribution < 1.29 is 17.7 Å². The molecule has 0 radical (unpaired) electrons. The number of hydrogen-bond donors (Lipinski definition) is 2. The van der Waals surface area contributed by atoms with E-state index >= 15 is 0 Å². The van der Waals surface area contributed by atoms with Crippen molar-refractivity contribution in [3.8, 4) is 11.1 Å². The minimum Gasteiger partial charge on any atom is -0.381 e. The van der Waals surface area contributed by atoms with Gasteiger partial charge in [0.1, 0.15) is 5.76 Å². The molecule has 0 saturated carbocycles. The highest BCUT2D eigenvalue weighted by Gasteiger charge is 2.12. The molecule has 2 aromatic carbocycles. The third-order valence-corrected chi connectivity index (χ3v) is 3.32. The number of anilines is 1. The lowest BCUT2D eigenvalue weighted by Crippen LogP contribution is -1.89. The number of rotatable bonds is 2. The van der Waals surface area contributed by atoms with E-state index in [0.29, 0.717) is 18.6 Å². The largest absolute Gasteiger partial charge is 0.381 e. The first-order valence-electron chi connectivity index (χ1n) is 7.20. The number of alkyl halides is 3. The molecule has 25 heavy (non-hydrogen) atoms. The summed E-state index contributed by atoms with van der Waals surface area (Å²) >= 11 is 4.16. The van der Waals surface area contributed by atoms with Gasteiger partial charge in [-0.15, -0.1) is 12.6 Å². The van der Waals surface area contributed by atoms with E-state index in [4.69, 9.17) is 5.73 Å². The Kier molecular flexibility index (Phi) is 8.63. The van der Waals surface area contributed by atoms with Gasteiger partial charge in [0.25, 0.3) is 6.43 Å². The topological polar surface area (TPSA) is 52.0 Å². The molecule has 1 aromatic heterocycles. The predicted octanol–water partition coefficient (Wildman–Crippen LogP) is 5.73. The molecule has 3 nitrogen and oxygen atoms in total. The zero-order valence-corrected chi connectivity index (χ0v) is 14.7. The molecule has 1 heterocycles. The number of thiol groups is 1. The molecule has 0 spiro atoms. The molecule has 134 valence electrons. The van der Waals surface area contributed by atoms with Gasteiger partial charge in [0, 0.05) is 16.5 Å². The number of nitrogens with two attached hydrogens (primary N) is 1. The second kappa shape index (κ2) is 10.5. The van der Waals surface area contributed by atoms with Gasteiger partial charge in [-0.2, -0.15) is 0 Å². The number of benzene rings is 2. The molecular weight excluding hydrogens is 349 g/mol. The molecule has 0 unspecified atom stereocenters. The Hall–Kier alpha value is -2.41. The summed E-state index contributed by atoms with van der Waals surface area (Å²) in [5, 5.41) is 3.42. The molecule has 7 heteroatoms.